The van der Waals surface area contributed by atoms with Crippen LogP contribution < -0.4 is 43.7 Å². The number of nitrogens with zero attached hydrogens (tertiary/aromatic N) is 5. The molecule has 6 aromatic rings. The lowest BCUT2D eigenvalue weighted by Crippen LogP contribution is -2.54. The predicted octanol–water partition coefficient (Wildman–Crippen LogP) is 7.23. The van der Waals surface area contributed by atoms with Crippen LogP contribution in [-0.4, -0.2) is 310 Å². The van der Waals surface area contributed by atoms with Gasteiger partial charge in [0.25, 0.3) is 11.8 Å². The van der Waals surface area contributed by atoms with Gasteiger partial charge in [0, 0.05) is 102 Å². The summed E-state index contributed by atoms with van der Waals surface area (Å²) in [7, 11) is 2.88. The SMILES string of the molecule is C=C1C[C@H]2C(O)N(C(=O)OCc3ccc(O[C@@H]4OC[C@@H](O)[C@H](O)[C@H]4O)c(C(=O)CCCCCC(=O)CC)c3)c3cc(OCCCCCOc4cc5c(cc4OC)C(=O)N4CC(=C)C[C@H]4C(O)N5C(=O)OCc4ccc(O[C@@H]5OC[C@@H](O)[C@H](O)[C@H]5O)c(C(=O)CCCOC)c4)c(C)cc3C(=O)N2C1.CCOCCOCCOCCOCCC(=O)NCCC(=O)N1Cc2ccccc2C#Cc2ccccc21.O=C=O.O=C=O. The number of Topliss-reactive ketones (excluding diaryl/α,β-unsaturated/α-hetero) is 3. The average Bonchev–Trinajstić information content (AvgIpc) is 1.61. The molecule has 0 spiro atoms. The van der Waals surface area contributed by atoms with Gasteiger partial charge in [-0.1, -0.05) is 92.0 Å². The number of amides is 6. The molecule has 2 unspecified atom stereocenters. The quantitative estimate of drug-likeness (QED) is 0.00787. The zero-order valence-electron chi connectivity index (χ0n) is 81.6. The van der Waals surface area contributed by atoms with Crippen LogP contribution in [0.4, 0.5) is 26.7 Å². The van der Waals surface area contributed by atoms with E-state index in [-0.39, 0.29) is 184 Å². The third-order valence-electron chi connectivity index (χ3n) is 24.5. The molecule has 0 aromatic heterocycles. The molecular weight excluding hydrogens is 1890 g/mol. The Hall–Kier alpha value is -13.1. The van der Waals surface area contributed by atoms with E-state index in [1.165, 1.54) is 78.6 Å². The second-order valence-electron chi connectivity index (χ2n) is 34.7. The van der Waals surface area contributed by atoms with E-state index in [4.69, 9.17) is 85.5 Å². The summed E-state index contributed by atoms with van der Waals surface area (Å²) in [6.07, 6.45) is -12.0. The summed E-state index contributed by atoms with van der Waals surface area (Å²) in [6, 6.07) is 28.3. The van der Waals surface area contributed by atoms with Crippen LogP contribution in [0.1, 0.15) is 185 Å². The lowest BCUT2D eigenvalue weighted by atomic mass is 10.0. The Balaban J connectivity index is 0.000000416. The highest BCUT2D eigenvalue weighted by Gasteiger charge is 2.49. The molecule has 9 N–H and O–H groups in total. The molecule has 41 nitrogen and oxygen atoms in total. The predicted molar refractivity (Wildman–Crippen MR) is 513 cm³/mol. The van der Waals surface area contributed by atoms with Crippen LogP contribution in [-0.2, 0) is 96.0 Å². The molecule has 7 aliphatic rings. The Kier molecular flexibility index (Phi) is 45.2. The van der Waals surface area contributed by atoms with Crippen molar-refractivity contribution in [3.05, 3.63) is 189 Å². The van der Waals surface area contributed by atoms with Crippen molar-refractivity contribution < 1.29 is 169 Å². The number of aliphatic hydroxyl groups is 8. The van der Waals surface area contributed by atoms with Gasteiger partial charge in [-0.25, -0.2) is 19.4 Å². The topological polar surface area (TPSA) is 541 Å². The summed E-state index contributed by atoms with van der Waals surface area (Å²) in [5, 5.41) is 89.0. The molecule has 4 fully saturated rings. The maximum atomic E-state index is 14.5. The number of anilines is 3. The second-order valence-corrected chi connectivity index (χ2v) is 34.7. The molecule has 4 saturated heterocycles. The van der Waals surface area contributed by atoms with Crippen molar-refractivity contribution in [3.63, 3.8) is 0 Å². The molecule has 0 bridgehead atoms. The van der Waals surface area contributed by atoms with E-state index in [2.05, 4.69) is 30.3 Å². The van der Waals surface area contributed by atoms with Gasteiger partial charge in [0.05, 0.1) is 138 Å². The minimum Gasteiger partial charge on any atom is -0.493 e. The molecule has 0 radical (unpaired) electrons. The smallest absolute Gasteiger partial charge is 0.416 e. The minimum absolute atomic E-state index is 0.00320. The number of unbranched alkanes of at least 4 members (excludes halogenated alkanes) is 4. The Morgan fingerprint density at radius 1 is 0.483 bits per heavy atom. The lowest BCUT2D eigenvalue weighted by Gasteiger charge is -2.35. The number of fused-ring (bicyclic) bond motifs is 6. The van der Waals surface area contributed by atoms with Crippen molar-refractivity contribution in [2.24, 2.45) is 0 Å². The highest BCUT2D eigenvalue weighted by molar-refractivity contribution is 6.08. The van der Waals surface area contributed by atoms with Gasteiger partial charge >= 0.3 is 24.5 Å². The fraction of sp³-hybridized carbons (Fsp3) is 0.490. The molecule has 7 aliphatic heterocycles. The Labute approximate surface area is 838 Å². The van der Waals surface area contributed by atoms with E-state index >= 15 is 0 Å². The number of rotatable bonds is 46. The number of methoxy groups -OCH3 is 2. The van der Waals surface area contributed by atoms with E-state index in [1.54, 1.807) is 24.8 Å². The van der Waals surface area contributed by atoms with Crippen LogP contribution in [0.5, 0.6) is 28.7 Å². The number of carbonyl (C=O) groups is 9. The first kappa shape index (κ1) is 114. The van der Waals surface area contributed by atoms with Crippen molar-refractivity contribution in [2.75, 3.05) is 134 Å². The van der Waals surface area contributed by atoms with E-state index in [0.29, 0.717) is 151 Å². The zero-order chi connectivity index (χ0) is 105. The van der Waals surface area contributed by atoms with Crippen LogP contribution in [0, 0.1) is 18.8 Å². The number of nitrogens with one attached hydrogen (secondary N) is 1. The molecule has 41 heteroatoms. The maximum absolute atomic E-state index is 14.5. The van der Waals surface area contributed by atoms with Gasteiger partial charge in [0.1, 0.15) is 72.9 Å². The third-order valence-corrected chi connectivity index (χ3v) is 24.5. The van der Waals surface area contributed by atoms with Crippen LogP contribution in [0.3, 0.4) is 0 Å². The lowest BCUT2D eigenvalue weighted by molar-refractivity contribution is -0.242. The van der Waals surface area contributed by atoms with Gasteiger partial charge in [-0.15, -0.1) is 0 Å². The molecule has 7 heterocycles. The summed E-state index contributed by atoms with van der Waals surface area (Å²) >= 11 is 0. The van der Waals surface area contributed by atoms with Crippen molar-refractivity contribution in [2.45, 2.75) is 211 Å². The van der Waals surface area contributed by atoms with Gasteiger partial charge in [-0.05, 0) is 142 Å². The molecule has 0 saturated carbocycles. The van der Waals surface area contributed by atoms with Gasteiger partial charge in [-0.3, -0.25) is 33.6 Å². The molecule has 782 valence electrons. The van der Waals surface area contributed by atoms with Crippen LogP contribution in [0.15, 0.2) is 133 Å². The normalized spacial score (nSPS) is 20.5. The Morgan fingerprint density at radius 2 is 0.959 bits per heavy atom. The summed E-state index contributed by atoms with van der Waals surface area (Å²) in [4.78, 5) is 162. The molecule has 13 rings (SSSR count). The zero-order valence-corrected chi connectivity index (χ0v) is 81.6. The standard InChI is InChI=1S/C73H90N4O25.C29H36N2O6.2CO2/c1-7-44(78)15-10-8-11-16-53(79)47-28-42(18-20-57(47)101-70-64(85)62(83)55(81)37-97-70)35-99-72(91)76-49-31-59(41(4)27-45(49)66(87)74-33-39(2)25-51(74)68(76)89)95-23-12-9-13-24-96-61-32-50-46(30-60(61)94-6)67(88)75-34-40(3)26-52(75)69(90)77(50)73(92)100-36-43-19-21-58(48(29-43)54(80)17-14-22-93-5)102-71-65(86)63(84)56(82)38-98-71;1-2-34-17-18-36-21-22-37-20-19-35-16-14-28(32)30-15-13-29(33)31-23-26-9-4-3-7-24(26)11-12-25-8-5-6-10-27(25)31;2*2-1-3/h18-21,27-32,51-52,55-56,62-65,68-71,81-86,89-90H,2-3,7-17,22-26,33-38H2,1,4-6H3;3-10H,2,13-23H2,1H3,(H,30,32);;/t51-,52-,55+,56+,62-,63-,64+,65+,68?,69?,70-,71-;;;/m0.../s1. The highest BCUT2D eigenvalue weighted by atomic mass is 16.7. The Bertz CT molecular complexity index is 5580. The molecule has 12 atom stereocenters. The van der Waals surface area contributed by atoms with E-state index < -0.39 is 117 Å². The number of hydrogen-bond acceptors (Lipinski definition) is 35. The van der Waals surface area contributed by atoms with Gasteiger partial charge in [0.2, 0.25) is 24.4 Å². The fourth-order valence-corrected chi connectivity index (χ4v) is 16.9. The molecule has 145 heavy (non-hydrogen) atoms. The van der Waals surface area contributed by atoms with Crippen LogP contribution in [0.2, 0.25) is 0 Å². The average molecular weight is 2020 g/mol. The van der Waals surface area contributed by atoms with E-state index in [9.17, 15) is 84.0 Å². The maximum Gasteiger partial charge on any atom is 0.416 e. The first-order chi connectivity index (χ1) is 69.9. The number of ketones is 3. The molecule has 0 aliphatic carbocycles. The number of aliphatic hydroxyl groups excluding tert-OH is 8. The molecule has 6 aromatic carbocycles. The summed E-state index contributed by atoms with van der Waals surface area (Å²) < 4.78 is 79.3. The van der Waals surface area contributed by atoms with Crippen molar-refractivity contribution in [3.8, 4) is 40.6 Å². The van der Waals surface area contributed by atoms with Crippen LogP contribution >= 0.6 is 0 Å². The largest absolute Gasteiger partial charge is 0.493 e. The van der Waals surface area contributed by atoms with Crippen molar-refractivity contribution >= 4 is 82.5 Å². The van der Waals surface area contributed by atoms with E-state index in [1.807, 2.05) is 55.5 Å². The van der Waals surface area contributed by atoms with Crippen molar-refractivity contribution in [1.29, 1.82) is 0 Å². The highest BCUT2D eigenvalue weighted by Crippen LogP contribution is 2.45. The minimum atomic E-state index is -1.67. The summed E-state index contributed by atoms with van der Waals surface area (Å²) in [5.74, 6) is 5.10. The fourth-order valence-electron chi connectivity index (χ4n) is 16.9. The number of carbonyl (C=O) groups excluding carboxylic acids is 13. The van der Waals surface area contributed by atoms with Gasteiger partial charge in [0.15, 0.2) is 35.5 Å². The monoisotopic (exact) mass is 2020 g/mol. The number of hydrogen-bond donors (Lipinski definition) is 9. The Morgan fingerprint density at radius 3 is 1.49 bits per heavy atom. The number of para-hydroxylation sites is 1. The number of ether oxygens (including phenoxy) is 14. The summed E-state index contributed by atoms with van der Waals surface area (Å²) in [6.45, 7) is 17.4. The van der Waals surface area contributed by atoms with Gasteiger partial charge in [-0.2, -0.15) is 19.2 Å². The van der Waals surface area contributed by atoms with Crippen molar-refractivity contribution in [1.82, 2.24) is 15.1 Å². The molecule has 6 amide bonds. The third kappa shape index (κ3) is 31.5. The van der Waals surface area contributed by atoms with Crippen LogP contribution in [0.25, 0.3) is 0 Å². The number of aryl methyl sites for hydroxylation is 1. The first-order valence-electron chi connectivity index (χ1n) is 47.8. The van der Waals surface area contributed by atoms with Gasteiger partial charge < -0.3 is 127 Å². The van der Waals surface area contributed by atoms with E-state index in [0.717, 1.165) is 32.2 Å². The second kappa shape index (κ2) is 57.6. The molecular formula is C104H126N6O35. The summed E-state index contributed by atoms with van der Waals surface area (Å²) in [5.41, 5.74) is 6.13. The number of benzene rings is 6. The first-order valence-corrected chi connectivity index (χ1v) is 47.8.